The Morgan fingerprint density at radius 1 is 1.17 bits per heavy atom. The van der Waals surface area contributed by atoms with Gasteiger partial charge in [0.25, 0.3) is 0 Å². The molecule has 1 aromatic heterocycles. The number of oxazole rings is 1. The van der Waals surface area contributed by atoms with Crippen LogP contribution in [0, 0.1) is 0 Å². The average Bonchev–Trinajstić information content (AvgIpc) is 2.94. The van der Waals surface area contributed by atoms with Crippen LogP contribution in [-0.4, -0.2) is 19.3 Å². The first kappa shape index (κ1) is 15.0. The fourth-order valence-corrected chi connectivity index (χ4v) is 2.90. The van der Waals surface area contributed by atoms with Crippen LogP contribution in [-0.2, 0) is 14.9 Å². The highest BCUT2D eigenvalue weighted by Crippen LogP contribution is 2.23. The third-order valence-corrected chi connectivity index (χ3v) is 4.23. The second-order valence-electron chi connectivity index (χ2n) is 4.72. The minimum atomic E-state index is -3.98. The highest BCUT2D eigenvalue weighted by molar-refractivity contribution is 7.87. The number of benzene rings is 2. The molecule has 3 rings (SSSR count). The van der Waals surface area contributed by atoms with Gasteiger partial charge in [0.2, 0.25) is 5.91 Å². The number of anilines is 1. The van der Waals surface area contributed by atoms with Crippen LogP contribution in [0.1, 0.15) is 6.92 Å². The number of hydrogen-bond donors (Lipinski definition) is 1. The molecule has 0 radical (unpaired) electrons. The van der Waals surface area contributed by atoms with Crippen molar-refractivity contribution in [3.05, 3.63) is 48.9 Å². The maximum absolute atomic E-state index is 12.3. The second-order valence-corrected chi connectivity index (χ2v) is 6.27. The van der Waals surface area contributed by atoms with Crippen LogP contribution in [0.15, 0.2) is 58.2 Å². The van der Waals surface area contributed by atoms with Gasteiger partial charge in [-0.2, -0.15) is 8.42 Å². The highest BCUT2D eigenvalue weighted by atomic mass is 32.2. The molecule has 0 bridgehead atoms. The van der Waals surface area contributed by atoms with Gasteiger partial charge in [0.15, 0.2) is 12.0 Å². The summed E-state index contributed by atoms with van der Waals surface area (Å²) in [5.41, 5.74) is 1.54. The zero-order valence-electron chi connectivity index (χ0n) is 12.0. The van der Waals surface area contributed by atoms with Crippen molar-refractivity contribution in [1.82, 2.24) is 4.98 Å². The topological polar surface area (TPSA) is 98.5 Å². The van der Waals surface area contributed by atoms with E-state index in [1.165, 1.54) is 49.7 Å². The molecule has 1 heterocycles. The number of hydrogen-bond acceptors (Lipinski definition) is 6. The quantitative estimate of drug-likeness (QED) is 0.737. The summed E-state index contributed by atoms with van der Waals surface area (Å²) in [6.07, 6.45) is 1.27. The van der Waals surface area contributed by atoms with Gasteiger partial charge in [-0.1, -0.05) is 0 Å². The molecule has 2 aromatic carbocycles. The van der Waals surface area contributed by atoms with E-state index in [0.29, 0.717) is 16.8 Å². The Bertz CT molecular complexity index is 961. The third-order valence-electron chi connectivity index (χ3n) is 2.97. The molecular weight excluding hydrogens is 320 g/mol. The molecule has 0 unspecified atom stereocenters. The molecule has 0 aliphatic rings. The van der Waals surface area contributed by atoms with Crippen LogP contribution in [0.4, 0.5) is 5.69 Å². The van der Waals surface area contributed by atoms with Crippen molar-refractivity contribution in [3.63, 3.8) is 0 Å². The molecule has 0 aliphatic carbocycles. The lowest BCUT2D eigenvalue weighted by Crippen LogP contribution is -2.10. The number of aromatic nitrogens is 1. The monoisotopic (exact) mass is 332 g/mol. The van der Waals surface area contributed by atoms with Gasteiger partial charge in [-0.3, -0.25) is 4.79 Å². The number of nitrogens with zero attached hydrogens (tertiary/aromatic N) is 1. The van der Waals surface area contributed by atoms with E-state index in [9.17, 15) is 13.2 Å². The van der Waals surface area contributed by atoms with Crippen molar-refractivity contribution in [2.45, 2.75) is 11.8 Å². The smallest absolute Gasteiger partial charge is 0.339 e. The zero-order valence-corrected chi connectivity index (χ0v) is 12.8. The van der Waals surface area contributed by atoms with Crippen LogP contribution in [0.2, 0.25) is 0 Å². The lowest BCUT2D eigenvalue weighted by molar-refractivity contribution is -0.114. The molecule has 0 aliphatic heterocycles. The van der Waals surface area contributed by atoms with Gasteiger partial charge in [-0.25, -0.2) is 4.98 Å². The maximum atomic E-state index is 12.3. The van der Waals surface area contributed by atoms with E-state index in [0.717, 1.165) is 0 Å². The van der Waals surface area contributed by atoms with Gasteiger partial charge in [0.1, 0.15) is 16.2 Å². The molecule has 8 heteroatoms. The van der Waals surface area contributed by atoms with E-state index in [1.807, 2.05) is 0 Å². The van der Waals surface area contributed by atoms with Crippen LogP contribution in [0.3, 0.4) is 0 Å². The fraction of sp³-hybridized carbons (Fsp3) is 0.0667. The van der Waals surface area contributed by atoms with E-state index in [1.54, 1.807) is 6.07 Å². The highest BCUT2D eigenvalue weighted by Gasteiger charge is 2.17. The second kappa shape index (κ2) is 5.73. The van der Waals surface area contributed by atoms with Crippen LogP contribution in [0.5, 0.6) is 5.75 Å². The summed E-state index contributed by atoms with van der Waals surface area (Å²) in [7, 11) is -3.98. The molecule has 0 saturated carbocycles. The van der Waals surface area contributed by atoms with E-state index < -0.39 is 10.1 Å². The minimum Gasteiger partial charge on any atom is -0.443 e. The molecule has 3 aromatic rings. The molecule has 1 amide bonds. The summed E-state index contributed by atoms with van der Waals surface area (Å²) in [5.74, 6) is -0.102. The first-order valence-electron chi connectivity index (χ1n) is 6.59. The Morgan fingerprint density at radius 2 is 1.91 bits per heavy atom. The molecule has 1 N–H and O–H groups in total. The van der Waals surface area contributed by atoms with E-state index in [4.69, 9.17) is 8.60 Å². The van der Waals surface area contributed by atoms with Gasteiger partial charge in [-0.15, -0.1) is 0 Å². The van der Waals surface area contributed by atoms with Gasteiger partial charge in [0, 0.05) is 18.7 Å². The van der Waals surface area contributed by atoms with Crippen molar-refractivity contribution in [3.8, 4) is 5.75 Å². The number of amides is 1. The molecule has 0 atom stereocenters. The van der Waals surface area contributed by atoms with Crippen LogP contribution < -0.4 is 9.50 Å². The first-order valence-corrected chi connectivity index (χ1v) is 8.00. The first-order chi connectivity index (χ1) is 10.9. The molecule has 118 valence electrons. The van der Waals surface area contributed by atoms with Gasteiger partial charge >= 0.3 is 10.1 Å². The molecule has 0 saturated heterocycles. The predicted octanol–water partition coefficient (Wildman–Crippen LogP) is 2.55. The average molecular weight is 332 g/mol. The maximum Gasteiger partial charge on any atom is 0.339 e. The molecule has 23 heavy (non-hydrogen) atoms. The van der Waals surface area contributed by atoms with Crippen LogP contribution >= 0.6 is 0 Å². The van der Waals surface area contributed by atoms with Crippen molar-refractivity contribution < 1.29 is 21.8 Å². The molecule has 0 spiro atoms. The van der Waals surface area contributed by atoms with E-state index in [2.05, 4.69) is 10.3 Å². The van der Waals surface area contributed by atoms with Gasteiger partial charge in [0.05, 0.1) is 0 Å². The Morgan fingerprint density at radius 3 is 2.61 bits per heavy atom. The van der Waals surface area contributed by atoms with Crippen LogP contribution in [0.25, 0.3) is 11.1 Å². The normalized spacial score (nSPS) is 11.3. The summed E-state index contributed by atoms with van der Waals surface area (Å²) < 4.78 is 34.7. The van der Waals surface area contributed by atoms with E-state index in [-0.39, 0.29) is 16.6 Å². The van der Waals surface area contributed by atoms with Gasteiger partial charge in [-0.05, 0) is 36.4 Å². The van der Waals surface area contributed by atoms with Crippen molar-refractivity contribution in [2.75, 3.05) is 5.32 Å². The summed E-state index contributed by atoms with van der Waals surface area (Å²) in [5, 5.41) is 2.56. The Kier molecular flexibility index (Phi) is 3.75. The summed E-state index contributed by atoms with van der Waals surface area (Å²) in [6, 6.07) is 10.2. The summed E-state index contributed by atoms with van der Waals surface area (Å²) in [4.78, 5) is 14.9. The molecule has 7 nitrogen and oxygen atoms in total. The SMILES string of the molecule is CC(=O)Nc1ccc(S(=O)(=O)Oc2ccc3ocnc3c2)cc1. The largest absolute Gasteiger partial charge is 0.443 e. The number of carbonyl (C=O) groups excluding carboxylic acids is 1. The Hall–Kier alpha value is -2.87. The lowest BCUT2D eigenvalue weighted by atomic mass is 10.3. The summed E-state index contributed by atoms with van der Waals surface area (Å²) >= 11 is 0. The summed E-state index contributed by atoms with van der Waals surface area (Å²) in [6.45, 7) is 1.37. The number of fused-ring (bicyclic) bond motifs is 1. The fourth-order valence-electron chi connectivity index (χ4n) is 1.97. The van der Waals surface area contributed by atoms with E-state index >= 15 is 0 Å². The molecular formula is C15H12N2O5S. The minimum absolute atomic E-state index is 0.0214. The molecule has 0 fully saturated rings. The van der Waals surface area contributed by atoms with Crippen molar-refractivity contribution in [2.24, 2.45) is 0 Å². The number of nitrogens with one attached hydrogen (secondary N) is 1. The lowest BCUT2D eigenvalue weighted by Gasteiger charge is -2.08. The predicted molar refractivity (Wildman–Crippen MR) is 82.6 cm³/mol. The number of rotatable bonds is 4. The zero-order chi connectivity index (χ0) is 16.4. The standard InChI is InChI=1S/C15H12N2O5S/c1-10(18)17-11-2-5-13(6-3-11)23(19,20)22-12-4-7-15-14(8-12)16-9-21-15/h2-9H,1H3,(H,17,18). The van der Waals surface area contributed by atoms with Gasteiger partial charge < -0.3 is 13.9 Å². The third kappa shape index (κ3) is 3.32. The Balaban J connectivity index is 1.84. The van der Waals surface area contributed by atoms with Crippen molar-refractivity contribution in [1.29, 1.82) is 0 Å². The van der Waals surface area contributed by atoms with Crippen molar-refractivity contribution >= 4 is 32.8 Å². The Labute approximate surface area is 132 Å². The number of carbonyl (C=O) groups is 1.